The van der Waals surface area contributed by atoms with Crippen LogP contribution in [0.3, 0.4) is 0 Å². The van der Waals surface area contributed by atoms with E-state index >= 15 is 0 Å². The molecule has 0 spiro atoms. The third-order valence-corrected chi connectivity index (χ3v) is 4.26. The molecule has 2 aromatic carbocycles. The first-order chi connectivity index (χ1) is 11.4. The lowest BCUT2D eigenvalue weighted by Gasteiger charge is -2.24. The van der Waals surface area contributed by atoms with Gasteiger partial charge in [0, 0.05) is 31.3 Å². The van der Waals surface area contributed by atoms with Crippen LogP contribution in [0.15, 0.2) is 42.5 Å². The van der Waals surface area contributed by atoms with Gasteiger partial charge in [-0.25, -0.2) is 0 Å². The second-order valence-electron chi connectivity index (χ2n) is 5.96. The first-order valence-corrected chi connectivity index (χ1v) is 8.10. The summed E-state index contributed by atoms with van der Waals surface area (Å²) >= 11 is 0. The van der Waals surface area contributed by atoms with Crippen molar-refractivity contribution in [2.24, 2.45) is 0 Å². The fourth-order valence-corrected chi connectivity index (χ4v) is 2.68. The summed E-state index contributed by atoms with van der Waals surface area (Å²) in [4.78, 5) is 26.0. The van der Waals surface area contributed by atoms with E-state index in [2.05, 4.69) is 5.32 Å². The van der Waals surface area contributed by atoms with Crippen molar-refractivity contribution < 1.29 is 9.59 Å². The summed E-state index contributed by atoms with van der Waals surface area (Å²) in [6.45, 7) is 8.33. The van der Waals surface area contributed by atoms with Crippen molar-refractivity contribution in [2.45, 2.75) is 27.7 Å². The maximum atomic E-state index is 12.3. The van der Waals surface area contributed by atoms with Crippen molar-refractivity contribution in [3.8, 4) is 0 Å². The van der Waals surface area contributed by atoms with Crippen LogP contribution >= 0.6 is 0 Å². The topological polar surface area (TPSA) is 49.4 Å². The lowest BCUT2D eigenvalue weighted by molar-refractivity contribution is -0.116. The van der Waals surface area contributed by atoms with Crippen molar-refractivity contribution >= 4 is 17.5 Å². The van der Waals surface area contributed by atoms with E-state index in [0.717, 1.165) is 22.4 Å². The van der Waals surface area contributed by atoms with Crippen LogP contribution in [-0.2, 0) is 4.79 Å². The highest BCUT2D eigenvalue weighted by Gasteiger charge is 2.15. The smallest absolute Gasteiger partial charge is 0.251 e. The Morgan fingerprint density at radius 1 is 0.958 bits per heavy atom. The molecule has 126 valence electrons. The molecule has 2 aromatic rings. The zero-order valence-corrected chi connectivity index (χ0v) is 14.7. The molecule has 0 saturated carbocycles. The van der Waals surface area contributed by atoms with E-state index < -0.39 is 0 Å². The number of carbonyl (C=O) groups excluding carboxylic acids is 2. The quantitative estimate of drug-likeness (QED) is 0.916. The van der Waals surface area contributed by atoms with E-state index in [4.69, 9.17) is 0 Å². The molecule has 1 N–H and O–H groups in total. The third kappa shape index (κ3) is 4.02. The number of nitrogens with one attached hydrogen (secondary N) is 1. The first-order valence-electron chi connectivity index (χ1n) is 8.10. The van der Waals surface area contributed by atoms with Gasteiger partial charge in [-0.2, -0.15) is 0 Å². The molecular formula is C20H24N2O2. The number of rotatable bonds is 5. The maximum Gasteiger partial charge on any atom is 0.251 e. The van der Waals surface area contributed by atoms with Gasteiger partial charge in [0.25, 0.3) is 5.91 Å². The highest BCUT2D eigenvalue weighted by atomic mass is 16.2. The van der Waals surface area contributed by atoms with Crippen molar-refractivity contribution in [1.82, 2.24) is 5.32 Å². The zero-order valence-electron chi connectivity index (χ0n) is 14.7. The van der Waals surface area contributed by atoms with Crippen LogP contribution in [0.25, 0.3) is 0 Å². The average Bonchev–Trinajstić information content (AvgIpc) is 2.54. The van der Waals surface area contributed by atoms with E-state index in [9.17, 15) is 9.59 Å². The monoisotopic (exact) mass is 324 g/mol. The maximum absolute atomic E-state index is 12.3. The summed E-state index contributed by atoms with van der Waals surface area (Å²) in [7, 11) is 0. The molecule has 4 nitrogen and oxygen atoms in total. The third-order valence-electron chi connectivity index (χ3n) is 4.26. The summed E-state index contributed by atoms with van der Waals surface area (Å²) in [5, 5.41) is 2.90. The van der Waals surface area contributed by atoms with Crippen LogP contribution in [0.2, 0.25) is 0 Å². The van der Waals surface area contributed by atoms with E-state index in [0.29, 0.717) is 18.7 Å². The predicted octanol–water partition coefficient (Wildman–Crippen LogP) is 3.39. The molecule has 24 heavy (non-hydrogen) atoms. The fraction of sp³-hybridized carbons (Fsp3) is 0.300. The standard InChI is InChI=1S/C20H24N2O2/c1-14-9-7-11-19(16(14)3)22(17(4)23)13-12-21-20(24)18-10-6-5-8-15(18)2/h5-11H,12-13H2,1-4H3,(H,21,24). The van der Waals surface area contributed by atoms with Crippen molar-refractivity contribution in [3.05, 3.63) is 64.7 Å². The van der Waals surface area contributed by atoms with Crippen LogP contribution in [0, 0.1) is 20.8 Å². The first kappa shape index (κ1) is 17.7. The van der Waals surface area contributed by atoms with E-state index in [1.54, 1.807) is 17.9 Å². The van der Waals surface area contributed by atoms with E-state index in [1.165, 1.54) is 0 Å². The Morgan fingerprint density at radius 2 is 1.62 bits per heavy atom. The second kappa shape index (κ2) is 7.77. The van der Waals surface area contributed by atoms with Crippen LogP contribution < -0.4 is 10.2 Å². The van der Waals surface area contributed by atoms with Gasteiger partial charge in [-0.1, -0.05) is 30.3 Å². The van der Waals surface area contributed by atoms with Crippen LogP contribution in [0.5, 0.6) is 0 Å². The molecule has 2 rings (SSSR count). The molecule has 0 fully saturated rings. The molecule has 0 heterocycles. The molecule has 2 amide bonds. The minimum Gasteiger partial charge on any atom is -0.350 e. The van der Waals surface area contributed by atoms with Gasteiger partial charge in [-0.3, -0.25) is 9.59 Å². The summed E-state index contributed by atoms with van der Waals surface area (Å²) < 4.78 is 0. The molecule has 0 atom stereocenters. The van der Waals surface area contributed by atoms with Gasteiger partial charge in [0.1, 0.15) is 0 Å². The Hall–Kier alpha value is -2.62. The Bertz CT molecular complexity index is 753. The van der Waals surface area contributed by atoms with Crippen molar-refractivity contribution in [2.75, 3.05) is 18.0 Å². The minimum atomic E-state index is -0.113. The number of aryl methyl sites for hydroxylation is 2. The number of carbonyl (C=O) groups is 2. The Morgan fingerprint density at radius 3 is 2.29 bits per heavy atom. The van der Waals surface area contributed by atoms with E-state index in [1.807, 2.05) is 57.2 Å². The van der Waals surface area contributed by atoms with Gasteiger partial charge in [0.05, 0.1) is 0 Å². The van der Waals surface area contributed by atoms with Gasteiger partial charge in [0.15, 0.2) is 0 Å². The molecule has 4 heteroatoms. The van der Waals surface area contributed by atoms with Gasteiger partial charge in [-0.05, 0) is 49.6 Å². The molecule has 0 aliphatic rings. The lowest BCUT2D eigenvalue weighted by Crippen LogP contribution is -2.38. The van der Waals surface area contributed by atoms with Gasteiger partial charge < -0.3 is 10.2 Å². The molecule has 0 saturated heterocycles. The largest absolute Gasteiger partial charge is 0.350 e. The fourth-order valence-electron chi connectivity index (χ4n) is 2.68. The number of hydrogen-bond acceptors (Lipinski definition) is 2. The van der Waals surface area contributed by atoms with Crippen molar-refractivity contribution in [1.29, 1.82) is 0 Å². The molecule has 0 radical (unpaired) electrons. The molecule has 0 bridgehead atoms. The second-order valence-corrected chi connectivity index (χ2v) is 5.96. The lowest BCUT2D eigenvalue weighted by atomic mass is 10.1. The van der Waals surface area contributed by atoms with Crippen LogP contribution in [-0.4, -0.2) is 24.9 Å². The predicted molar refractivity (Wildman–Crippen MR) is 97.5 cm³/mol. The Kier molecular flexibility index (Phi) is 5.74. The number of amides is 2. The summed E-state index contributed by atoms with van der Waals surface area (Å²) in [5.74, 6) is -0.147. The number of hydrogen-bond donors (Lipinski definition) is 1. The van der Waals surface area contributed by atoms with E-state index in [-0.39, 0.29) is 11.8 Å². The van der Waals surface area contributed by atoms with Gasteiger partial charge >= 0.3 is 0 Å². The minimum absolute atomic E-state index is 0.0335. The number of benzene rings is 2. The molecule has 0 aromatic heterocycles. The summed E-state index contributed by atoms with van der Waals surface area (Å²) in [6.07, 6.45) is 0. The highest BCUT2D eigenvalue weighted by Crippen LogP contribution is 2.22. The number of anilines is 1. The van der Waals surface area contributed by atoms with Gasteiger partial charge in [0.2, 0.25) is 5.91 Å². The summed E-state index contributed by atoms with van der Waals surface area (Å²) in [5.41, 5.74) is 4.72. The Labute approximate surface area is 143 Å². The molecule has 0 aliphatic carbocycles. The Balaban J connectivity index is 2.05. The average molecular weight is 324 g/mol. The molecular weight excluding hydrogens is 300 g/mol. The van der Waals surface area contributed by atoms with Gasteiger partial charge in [-0.15, -0.1) is 0 Å². The van der Waals surface area contributed by atoms with Crippen LogP contribution in [0.1, 0.15) is 34.0 Å². The SMILES string of the molecule is CC(=O)N(CCNC(=O)c1ccccc1C)c1cccc(C)c1C. The molecule has 0 unspecified atom stereocenters. The number of nitrogens with zero attached hydrogens (tertiary/aromatic N) is 1. The highest BCUT2D eigenvalue weighted by molar-refractivity contribution is 5.96. The normalized spacial score (nSPS) is 10.3. The summed E-state index contributed by atoms with van der Waals surface area (Å²) in [6, 6.07) is 13.4. The van der Waals surface area contributed by atoms with Crippen molar-refractivity contribution in [3.63, 3.8) is 0 Å². The van der Waals surface area contributed by atoms with Crippen LogP contribution in [0.4, 0.5) is 5.69 Å². The zero-order chi connectivity index (χ0) is 17.7. The molecule has 0 aliphatic heterocycles.